The fourth-order valence-corrected chi connectivity index (χ4v) is 2.43. The average molecular weight is 393 g/mol. The van der Waals surface area contributed by atoms with E-state index in [0.717, 1.165) is 6.42 Å². The zero-order valence-corrected chi connectivity index (χ0v) is 16.1. The molecule has 0 spiro atoms. The largest absolute Gasteiger partial charge is 0.480 e. The molecule has 0 amide bonds. The smallest absolute Gasteiger partial charge is 0.344 e. The van der Waals surface area contributed by atoms with Crippen LogP contribution in [0.4, 0.5) is 0 Å². The number of carbonyl (C=O) groups is 1. The highest BCUT2D eigenvalue weighted by Gasteiger charge is 2.07. The fraction of sp³-hybridized carbons (Fsp3) is 0.611. The Bertz CT molecular complexity index is 496. The van der Waals surface area contributed by atoms with Gasteiger partial charge in [0.1, 0.15) is 19.1 Å². The molecule has 0 heterocycles. The minimum atomic E-state index is -0.494. The van der Waals surface area contributed by atoms with Gasteiger partial charge in [-0.1, -0.05) is 55.8 Å². The van der Waals surface area contributed by atoms with Gasteiger partial charge >= 0.3 is 5.97 Å². The number of unbranched alkanes of at least 4 members (excludes halogenated alkanes) is 4. The number of hydrogen-bond acceptors (Lipinski definition) is 5. The Hall–Kier alpha value is -1.01. The third-order valence-electron chi connectivity index (χ3n) is 3.29. The molecule has 0 atom stereocenters. The van der Waals surface area contributed by atoms with Gasteiger partial charge in [-0.2, -0.15) is 0 Å². The molecular formula is C18H26Cl2O5. The average Bonchev–Trinajstić information content (AvgIpc) is 2.59. The molecule has 0 radical (unpaired) electrons. The van der Waals surface area contributed by atoms with Crippen molar-refractivity contribution in [3.05, 3.63) is 28.2 Å². The lowest BCUT2D eigenvalue weighted by molar-refractivity contribution is -0.149. The van der Waals surface area contributed by atoms with Gasteiger partial charge in [0.05, 0.1) is 11.6 Å². The molecule has 0 saturated heterocycles. The molecule has 142 valence electrons. The van der Waals surface area contributed by atoms with Crippen LogP contribution in [0.15, 0.2) is 18.2 Å². The highest BCUT2D eigenvalue weighted by molar-refractivity contribution is 6.35. The third kappa shape index (κ3) is 11.3. The van der Waals surface area contributed by atoms with E-state index in [1.807, 2.05) is 0 Å². The van der Waals surface area contributed by atoms with E-state index in [2.05, 4.69) is 6.92 Å². The lowest BCUT2D eigenvalue weighted by Crippen LogP contribution is -2.18. The van der Waals surface area contributed by atoms with Crippen molar-refractivity contribution in [1.29, 1.82) is 0 Å². The van der Waals surface area contributed by atoms with Gasteiger partial charge in [0.15, 0.2) is 6.61 Å². The Balaban J connectivity index is 1.95. The van der Waals surface area contributed by atoms with Crippen molar-refractivity contribution in [2.45, 2.75) is 39.0 Å². The van der Waals surface area contributed by atoms with Gasteiger partial charge in [-0.15, -0.1) is 0 Å². The minimum Gasteiger partial charge on any atom is -0.480 e. The Kier molecular flexibility index (Phi) is 12.5. The van der Waals surface area contributed by atoms with Crippen molar-refractivity contribution in [2.24, 2.45) is 0 Å². The zero-order chi connectivity index (χ0) is 18.3. The van der Waals surface area contributed by atoms with E-state index in [-0.39, 0.29) is 26.6 Å². The molecule has 7 heteroatoms. The predicted octanol–water partition coefficient (Wildman–Crippen LogP) is 4.88. The van der Waals surface area contributed by atoms with E-state index in [9.17, 15) is 4.79 Å². The monoisotopic (exact) mass is 392 g/mol. The van der Waals surface area contributed by atoms with Crippen LogP contribution in [0.2, 0.25) is 10.0 Å². The van der Waals surface area contributed by atoms with Crippen LogP contribution in [0.3, 0.4) is 0 Å². The maximum atomic E-state index is 11.6. The van der Waals surface area contributed by atoms with E-state index in [4.69, 9.17) is 42.1 Å². The van der Waals surface area contributed by atoms with E-state index >= 15 is 0 Å². The van der Waals surface area contributed by atoms with Crippen molar-refractivity contribution in [2.75, 3.05) is 33.2 Å². The molecule has 0 aliphatic heterocycles. The Morgan fingerprint density at radius 2 is 1.76 bits per heavy atom. The first kappa shape index (κ1) is 22.0. The maximum absolute atomic E-state index is 11.6. The molecule has 0 fully saturated rings. The maximum Gasteiger partial charge on any atom is 0.344 e. The van der Waals surface area contributed by atoms with Crippen LogP contribution < -0.4 is 4.74 Å². The minimum absolute atomic E-state index is 0.149. The summed E-state index contributed by atoms with van der Waals surface area (Å²) in [6.07, 6.45) is 5.99. The number of carbonyl (C=O) groups excluding carboxylic acids is 1. The predicted molar refractivity (Wildman–Crippen MR) is 98.4 cm³/mol. The second-order valence-electron chi connectivity index (χ2n) is 5.43. The summed E-state index contributed by atoms with van der Waals surface area (Å²) >= 11 is 11.7. The second kappa shape index (κ2) is 14.2. The van der Waals surface area contributed by atoms with Crippen LogP contribution in [0.25, 0.3) is 0 Å². The van der Waals surface area contributed by atoms with E-state index in [0.29, 0.717) is 22.4 Å². The molecule has 1 rings (SSSR count). The molecule has 0 unspecified atom stereocenters. The van der Waals surface area contributed by atoms with Crippen molar-refractivity contribution in [3.8, 4) is 5.75 Å². The summed E-state index contributed by atoms with van der Waals surface area (Å²) in [5.74, 6) is -0.113. The topological polar surface area (TPSA) is 54.0 Å². The Morgan fingerprint density at radius 3 is 2.52 bits per heavy atom. The fourth-order valence-electron chi connectivity index (χ4n) is 1.97. The van der Waals surface area contributed by atoms with Gasteiger partial charge in [-0.05, 0) is 24.6 Å². The van der Waals surface area contributed by atoms with Gasteiger partial charge in [-0.25, -0.2) is 4.79 Å². The highest BCUT2D eigenvalue weighted by Crippen LogP contribution is 2.27. The summed E-state index contributed by atoms with van der Waals surface area (Å²) < 4.78 is 20.8. The van der Waals surface area contributed by atoms with Gasteiger partial charge in [-0.3, -0.25) is 0 Å². The number of rotatable bonds is 14. The number of esters is 1. The number of halogens is 2. The molecule has 0 N–H and O–H groups in total. The van der Waals surface area contributed by atoms with Crippen LogP contribution in [0, 0.1) is 0 Å². The number of benzene rings is 1. The Labute approximate surface area is 159 Å². The van der Waals surface area contributed by atoms with Gasteiger partial charge in [0, 0.05) is 11.6 Å². The van der Waals surface area contributed by atoms with Crippen molar-refractivity contribution >= 4 is 29.2 Å². The SMILES string of the molecule is CCCCCCCOCOCCOC(=O)COc1ccc(Cl)cc1Cl. The van der Waals surface area contributed by atoms with E-state index in [1.165, 1.54) is 25.7 Å². The molecule has 25 heavy (non-hydrogen) atoms. The van der Waals surface area contributed by atoms with Crippen LogP contribution >= 0.6 is 23.2 Å². The normalized spacial score (nSPS) is 10.7. The molecular weight excluding hydrogens is 367 g/mol. The first-order valence-corrected chi connectivity index (χ1v) is 9.28. The molecule has 0 bridgehead atoms. The van der Waals surface area contributed by atoms with Gasteiger partial charge in [0.2, 0.25) is 0 Å². The van der Waals surface area contributed by atoms with Crippen LogP contribution in [-0.2, 0) is 19.0 Å². The van der Waals surface area contributed by atoms with Crippen molar-refractivity contribution < 1.29 is 23.7 Å². The van der Waals surface area contributed by atoms with Crippen LogP contribution in [-0.4, -0.2) is 39.2 Å². The summed E-state index contributed by atoms with van der Waals surface area (Å²) in [7, 11) is 0. The lowest BCUT2D eigenvalue weighted by Gasteiger charge is -2.09. The molecule has 0 aliphatic carbocycles. The Morgan fingerprint density at radius 1 is 1.00 bits per heavy atom. The molecule has 0 aromatic heterocycles. The quantitative estimate of drug-likeness (QED) is 0.256. The molecule has 0 saturated carbocycles. The van der Waals surface area contributed by atoms with Gasteiger partial charge in [0.25, 0.3) is 0 Å². The summed E-state index contributed by atoms with van der Waals surface area (Å²) in [6.45, 7) is 3.30. The third-order valence-corrected chi connectivity index (χ3v) is 3.82. The standard InChI is InChI=1S/C18H26Cl2O5/c1-2-3-4-5-6-9-22-14-23-10-11-24-18(21)13-25-17-8-7-15(19)12-16(17)20/h7-8,12H,2-6,9-11,13-14H2,1H3. The van der Waals surface area contributed by atoms with Crippen LogP contribution in [0.1, 0.15) is 39.0 Å². The zero-order valence-electron chi connectivity index (χ0n) is 14.6. The summed E-state index contributed by atoms with van der Waals surface area (Å²) in [4.78, 5) is 11.6. The summed E-state index contributed by atoms with van der Waals surface area (Å²) in [5, 5.41) is 0.843. The second-order valence-corrected chi connectivity index (χ2v) is 6.28. The van der Waals surface area contributed by atoms with Crippen LogP contribution in [0.5, 0.6) is 5.75 Å². The number of hydrogen-bond donors (Lipinski definition) is 0. The van der Waals surface area contributed by atoms with Crippen molar-refractivity contribution in [1.82, 2.24) is 0 Å². The van der Waals surface area contributed by atoms with E-state index in [1.54, 1.807) is 18.2 Å². The first-order chi connectivity index (χ1) is 12.1. The molecule has 0 aliphatic rings. The summed E-state index contributed by atoms with van der Waals surface area (Å²) in [5.41, 5.74) is 0. The first-order valence-electron chi connectivity index (χ1n) is 8.52. The van der Waals surface area contributed by atoms with Gasteiger partial charge < -0.3 is 18.9 Å². The van der Waals surface area contributed by atoms with Crippen molar-refractivity contribution in [3.63, 3.8) is 0 Å². The highest BCUT2D eigenvalue weighted by atomic mass is 35.5. The molecule has 1 aromatic rings. The molecule has 5 nitrogen and oxygen atoms in total. The summed E-state index contributed by atoms with van der Waals surface area (Å²) in [6, 6.07) is 4.77. The number of ether oxygens (including phenoxy) is 4. The van der Waals surface area contributed by atoms with E-state index < -0.39 is 5.97 Å². The lowest BCUT2D eigenvalue weighted by atomic mass is 10.2. The molecule has 1 aromatic carbocycles.